The van der Waals surface area contributed by atoms with Crippen LogP contribution >= 0.6 is 0 Å². The maximum atomic E-state index is 9.75. The smallest absolute Gasteiger partial charge is 0.233 e. The van der Waals surface area contributed by atoms with Crippen LogP contribution in [0, 0.1) is 0 Å². The van der Waals surface area contributed by atoms with E-state index in [1.165, 1.54) is 13.4 Å². The van der Waals surface area contributed by atoms with Gasteiger partial charge in [0.25, 0.3) is 0 Å². The van der Waals surface area contributed by atoms with Gasteiger partial charge in [0.2, 0.25) is 12.7 Å². The molecule has 0 aromatic carbocycles. The van der Waals surface area contributed by atoms with E-state index < -0.39 is 0 Å². The highest BCUT2D eigenvalue weighted by Crippen LogP contribution is 1.75. The molecular formula is C4H6NO3. The van der Waals surface area contributed by atoms with Gasteiger partial charge in [-0.25, -0.2) is 5.06 Å². The summed E-state index contributed by atoms with van der Waals surface area (Å²) in [5, 5.41) is 0.826. The Morgan fingerprint density at radius 1 is 1.88 bits per heavy atom. The lowest BCUT2D eigenvalue weighted by Crippen LogP contribution is -2.22. The van der Waals surface area contributed by atoms with Gasteiger partial charge in [0.05, 0.1) is 7.11 Å². The summed E-state index contributed by atoms with van der Waals surface area (Å²) in [4.78, 5) is 23.6. The lowest BCUT2D eigenvalue weighted by molar-refractivity contribution is -0.156. The molecule has 0 aromatic rings. The molecule has 0 rings (SSSR count). The Morgan fingerprint density at radius 3 is 2.62 bits per heavy atom. The van der Waals surface area contributed by atoms with Gasteiger partial charge in [-0.05, 0) is 0 Å². The van der Waals surface area contributed by atoms with Gasteiger partial charge in [-0.15, -0.1) is 0 Å². The van der Waals surface area contributed by atoms with Gasteiger partial charge in [-0.3, -0.25) is 14.4 Å². The van der Waals surface area contributed by atoms with E-state index in [1.54, 1.807) is 0 Å². The quantitative estimate of drug-likeness (QED) is 0.354. The molecule has 0 saturated carbocycles. The summed E-state index contributed by atoms with van der Waals surface area (Å²) in [6.45, 7) is -0.139. The zero-order valence-corrected chi connectivity index (χ0v) is 4.46. The Bertz CT molecular complexity index is 83.4. The predicted molar refractivity (Wildman–Crippen MR) is 25.5 cm³/mol. The molecule has 0 bridgehead atoms. The molecule has 0 atom stereocenters. The maximum Gasteiger partial charge on any atom is 0.233 e. The zero-order valence-electron chi connectivity index (χ0n) is 4.46. The van der Waals surface area contributed by atoms with Crippen molar-refractivity contribution in [3.8, 4) is 0 Å². The van der Waals surface area contributed by atoms with Crippen molar-refractivity contribution in [1.82, 2.24) is 5.06 Å². The van der Waals surface area contributed by atoms with Crippen molar-refractivity contribution in [2.75, 3.05) is 13.7 Å². The molecule has 0 aromatic heterocycles. The van der Waals surface area contributed by atoms with Crippen molar-refractivity contribution < 1.29 is 14.4 Å². The van der Waals surface area contributed by atoms with Crippen molar-refractivity contribution >= 4 is 12.7 Å². The molecule has 0 N–H and O–H groups in total. The summed E-state index contributed by atoms with van der Waals surface area (Å²) in [6, 6.07) is 0. The fourth-order valence-electron chi connectivity index (χ4n) is 0.208. The largest absolute Gasteiger partial charge is 0.289 e. The van der Waals surface area contributed by atoms with E-state index in [0.29, 0.717) is 6.41 Å². The van der Waals surface area contributed by atoms with Crippen molar-refractivity contribution in [2.24, 2.45) is 0 Å². The van der Waals surface area contributed by atoms with Crippen molar-refractivity contribution in [2.45, 2.75) is 0 Å². The Hall–Kier alpha value is -0.900. The summed E-state index contributed by atoms with van der Waals surface area (Å²) in [5.74, 6) is 0. The monoisotopic (exact) mass is 116 g/mol. The SMILES string of the molecule is CON(C=O)C[C]=O. The third-order valence-electron chi connectivity index (χ3n) is 0.572. The van der Waals surface area contributed by atoms with Gasteiger partial charge in [0.1, 0.15) is 6.54 Å². The second kappa shape index (κ2) is 4.26. The van der Waals surface area contributed by atoms with Gasteiger partial charge in [-0.2, -0.15) is 0 Å². The third-order valence-corrected chi connectivity index (χ3v) is 0.572. The summed E-state index contributed by atoms with van der Waals surface area (Å²) in [6.07, 6.45) is 1.90. The van der Waals surface area contributed by atoms with Crippen LogP contribution in [0.1, 0.15) is 0 Å². The summed E-state index contributed by atoms with van der Waals surface area (Å²) < 4.78 is 0. The van der Waals surface area contributed by atoms with Crippen LogP contribution in [0.5, 0.6) is 0 Å². The molecule has 0 aliphatic carbocycles. The molecule has 4 nitrogen and oxygen atoms in total. The Morgan fingerprint density at radius 2 is 2.50 bits per heavy atom. The van der Waals surface area contributed by atoms with Crippen LogP contribution < -0.4 is 0 Å². The van der Waals surface area contributed by atoms with Crippen LogP contribution in [0.4, 0.5) is 0 Å². The number of carbonyl (C=O) groups excluding carboxylic acids is 2. The molecule has 0 saturated heterocycles. The molecule has 0 fully saturated rings. The van der Waals surface area contributed by atoms with E-state index >= 15 is 0 Å². The average molecular weight is 116 g/mol. The van der Waals surface area contributed by atoms with Gasteiger partial charge >= 0.3 is 0 Å². The molecule has 0 aliphatic heterocycles. The van der Waals surface area contributed by atoms with Gasteiger partial charge < -0.3 is 0 Å². The average Bonchev–Trinajstić information content (AvgIpc) is 1.83. The van der Waals surface area contributed by atoms with Crippen molar-refractivity contribution in [3.05, 3.63) is 0 Å². The number of rotatable bonds is 4. The number of hydrogen-bond acceptors (Lipinski definition) is 3. The second-order valence-corrected chi connectivity index (χ2v) is 1.01. The first-order valence-corrected chi connectivity index (χ1v) is 1.96. The van der Waals surface area contributed by atoms with Crippen molar-refractivity contribution in [3.63, 3.8) is 0 Å². The standard InChI is InChI=1S/C4H6NO3/c1-8-5(4-7)2-3-6/h4H,2H2,1H3. The first-order chi connectivity index (χ1) is 3.85. The fourth-order valence-corrected chi connectivity index (χ4v) is 0.208. The topological polar surface area (TPSA) is 46.6 Å². The first kappa shape index (κ1) is 7.10. The predicted octanol–water partition coefficient (Wildman–Crippen LogP) is -0.884. The Labute approximate surface area is 47.0 Å². The first-order valence-electron chi connectivity index (χ1n) is 1.96. The van der Waals surface area contributed by atoms with Crippen LogP contribution in [-0.4, -0.2) is 31.4 Å². The van der Waals surface area contributed by atoms with E-state index in [9.17, 15) is 9.59 Å². The maximum absolute atomic E-state index is 9.75. The molecule has 0 aliphatic rings. The molecule has 0 unspecified atom stereocenters. The number of carbonyl (C=O) groups is 1. The minimum atomic E-state index is -0.139. The molecule has 1 amide bonds. The molecule has 0 heterocycles. The van der Waals surface area contributed by atoms with Crippen LogP contribution in [0.2, 0.25) is 0 Å². The minimum Gasteiger partial charge on any atom is -0.289 e. The summed E-state index contributed by atoms with van der Waals surface area (Å²) in [5.41, 5.74) is 0. The number of hydroxylamine groups is 2. The van der Waals surface area contributed by atoms with E-state index in [-0.39, 0.29) is 6.54 Å². The van der Waals surface area contributed by atoms with Crippen LogP contribution in [0.15, 0.2) is 0 Å². The molecule has 45 valence electrons. The Balaban J connectivity index is 3.35. The van der Waals surface area contributed by atoms with Crippen molar-refractivity contribution in [1.29, 1.82) is 0 Å². The number of amides is 1. The molecule has 1 radical (unpaired) electrons. The molecular weight excluding hydrogens is 110 g/mol. The van der Waals surface area contributed by atoms with Gasteiger partial charge in [0, 0.05) is 0 Å². The van der Waals surface area contributed by atoms with E-state index in [1.807, 2.05) is 0 Å². The zero-order chi connectivity index (χ0) is 6.41. The highest BCUT2D eigenvalue weighted by molar-refractivity contribution is 5.58. The second-order valence-electron chi connectivity index (χ2n) is 1.01. The molecule has 0 spiro atoms. The van der Waals surface area contributed by atoms with Crippen LogP contribution in [0.25, 0.3) is 0 Å². The lowest BCUT2D eigenvalue weighted by atomic mass is 10.7. The highest BCUT2D eigenvalue weighted by Gasteiger charge is 1.94. The lowest BCUT2D eigenvalue weighted by Gasteiger charge is -2.06. The molecule has 4 heteroatoms. The summed E-state index contributed by atoms with van der Waals surface area (Å²) in [7, 11) is 1.30. The minimum absolute atomic E-state index is 0.139. The summed E-state index contributed by atoms with van der Waals surface area (Å²) >= 11 is 0. The van der Waals surface area contributed by atoms with E-state index in [2.05, 4.69) is 4.84 Å². The highest BCUT2D eigenvalue weighted by atomic mass is 16.7. The number of hydrogen-bond donors (Lipinski definition) is 0. The van der Waals surface area contributed by atoms with Gasteiger partial charge in [-0.1, -0.05) is 0 Å². The van der Waals surface area contributed by atoms with E-state index in [4.69, 9.17) is 0 Å². The van der Waals surface area contributed by atoms with Gasteiger partial charge in [0.15, 0.2) is 0 Å². The molecule has 8 heavy (non-hydrogen) atoms. The van der Waals surface area contributed by atoms with Crippen LogP contribution in [0.3, 0.4) is 0 Å². The van der Waals surface area contributed by atoms with Crippen LogP contribution in [-0.2, 0) is 14.4 Å². The number of nitrogens with zero attached hydrogens (tertiary/aromatic N) is 1. The fraction of sp³-hybridized carbons (Fsp3) is 0.500. The third kappa shape index (κ3) is 2.30. The van der Waals surface area contributed by atoms with E-state index in [0.717, 1.165) is 5.06 Å². The normalized spacial score (nSPS) is 8.12. The Kier molecular flexibility index (Phi) is 3.78.